The third-order valence-corrected chi connectivity index (χ3v) is 1.63. The third-order valence-electron chi connectivity index (χ3n) is 1.63. The van der Waals surface area contributed by atoms with Gasteiger partial charge in [0.25, 0.3) is 0 Å². The molecule has 2 N–H and O–H groups in total. The SMILES string of the molecule is CC1CCCN1ON. The van der Waals surface area contributed by atoms with E-state index in [1.54, 1.807) is 5.06 Å². The maximum absolute atomic E-state index is 4.95. The zero-order chi connectivity index (χ0) is 5.98. The van der Waals surface area contributed by atoms with Gasteiger partial charge in [-0.15, -0.1) is 0 Å². The van der Waals surface area contributed by atoms with Gasteiger partial charge in [-0.25, -0.2) is 4.94 Å². The van der Waals surface area contributed by atoms with Crippen molar-refractivity contribution in [3.63, 3.8) is 0 Å². The van der Waals surface area contributed by atoms with Crippen molar-refractivity contribution in [2.75, 3.05) is 6.54 Å². The van der Waals surface area contributed by atoms with Crippen LogP contribution in [-0.2, 0) is 4.94 Å². The van der Waals surface area contributed by atoms with Gasteiger partial charge in [0.05, 0.1) is 0 Å². The highest BCUT2D eigenvalue weighted by molar-refractivity contribution is 4.67. The highest BCUT2D eigenvalue weighted by Crippen LogP contribution is 2.14. The molecule has 1 fully saturated rings. The van der Waals surface area contributed by atoms with E-state index in [0.717, 1.165) is 6.54 Å². The molecular weight excluding hydrogens is 104 g/mol. The van der Waals surface area contributed by atoms with Crippen LogP contribution in [0.15, 0.2) is 0 Å². The fourth-order valence-corrected chi connectivity index (χ4v) is 1.06. The van der Waals surface area contributed by atoms with Crippen molar-refractivity contribution in [3.8, 4) is 0 Å². The maximum atomic E-state index is 4.95. The molecule has 1 aliphatic rings. The van der Waals surface area contributed by atoms with Crippen LogP contribution >= 0.6 is 0 Å². The van der Waals surface area contributed by atoms with Gasteiger partial charge >= 0.3 is 0 Å². The second kappa shape index (κ2) is 2.44. The predicted octanol–water partition coefficient (Wildman–Crippen LogP) is 0.276. The highest BCUT2D eigenvalue weighted by atomic mass is 16.8. The van der Waals surface area contributed by atoms with Gasteiger partial charge in [-0.1, -0.05) is 0 Å². The van der Waals surface area contributed by atoms with Crippen molar-refractivity contribution < 1.29 is 4.94 Å². The quantitative estimate of drug-likeness (QED) is 0.500. The summed E-state index contributed by atoms with van der Waals surface area (Å²) < 4.78 is 0. The Morgan fingerprint density at radius 2 is 2.50 bits per heavy atom. The number of hydroxylamine groups is 2. The molecule has 1 atom stereocenters. The summed E-state index contributed by atoms with van der Waals surface area (Å²) in [6.45, 7) is 3.09. The van der Waals surface area contributed by atoms with Crippen molar-refractivity contribution in [3.05, 3.63) is 0 Å². The maximum Gasteiger partial charge on any atom is 0.0343 e. The summed E-state index contributed by atoms with van der Waals surface area (Å²) in [5.74, 6) is 4.95. The van der Waals surface area contributed by atoms with Gasteiger partial charge in [0.15, 0.2) is 0 Å². The molecular formula is C5H12N2O. The van der Waals surface area contributed by atoms with Crippen molar-refractivity contribution in [2.45, 2.75) is 25.8 Å². The minimum absolute atomic E-state index is 0.514. The van der Waals surface area contributed by atoms with E-state index in [-0.39, 0.29) is 0 Å². The Bertz CT molecular complexity index is 76.8. The summed E-state index contributed by atoms with van der Waals surface area (Å²) in [4.78, 5) is 4.56. The molecule has 1 rings (SSSR count). The Kier molecular flexibility index (Phi) is 1.83. The van der Waals surface area contributed by atoms with E-state index in [9.17, 15) is 0 Å². The lowest BCUT2D eigenvalue weighted by Crippen LogP contribution is -2.29. The number of rotatable bonds is 1. The fraction of sp³-hybridized carbons (Fsp3) is 1.00. The molecule has 1 saturated heterocycles. The number of nitrogens with zero attached hydrogens (tertiary/aromatic N) is 1. The lowest BCUT2D eigenvalue weighted by molar-refractivity contribution is -0.168. The Balaban J connectivity index is 2.30. The number of hydrogen-bond acceptors (Lipinski definition) is 3. The number of nitrogens with two attached hydrogens (primary N) is 1. The van der Waals surface area contributed by atoms with Crippen molar-refractivity contribution in [1.82, 2.24) is 5.06 Å². The van der Waals surface area contributed by atoms with Crippen LogP contribution in [0.5, 0.6) is 0 Å². The van der Waals surface area contributed by atoms with Crippen LogP contribution in [0.25, 0.3) is 0 Å². The Morgan fingerprint density at radius 3 is 2.75 bits per heavy atom. The molecule has 0 aliphatic carbocycles. The van der Waals surface area contributed by atoms with Gasteiger partial charge < -0.3 is 0 Å². The normalized spacial score (nSPS) is 31.5. The summed E-state index contributed by atoms with van der Waals surface area (Å²) in [5.41, 5.74) is 0. The van der Waals surface area contributed by atoms with Gasteiger partial charge in [-0.05, 0) is 19.8 Å². The summed E-state index contributed by atoms with van der Waals surface area (Å²) in [7, 11) is 0. The van der Waals surface area contributed by atoms with E-state index >= 15 is 0 Å². The van der Waals surface area contributed by atoms with E-state index in [0.29, 0.717) is 6.04 Å². The molecule has 0 aromatic rings. The van der Waals surface area contributed by atoms with Crippen LogP contribution in [-0.4, -0.2) is 17.6 Å². The summed E-state index contributed by atoms with van der Waals surface area (Å²) in [6.07, 6.45) is 2.41. The topological polar surface area (TPSA) is 38.5 Å². The lowest BCUT2D eigenvalue weighted by Gasteiger charge is -2.15. The van der Waals surface area contributed by atoms with Crippen molar-refractivity contribution >= 4 is 0 Å². The third kappa shape index (κ3) is 0.992. The van der Waals surface area contributed by atoms with Crippen LogP contribution in [0.1, 0.15) is 19.8 Å². The average Bonchev–Trinajstić information content (AvgIpc) is 2.14. The van der Waals surface area contributed by atoms with Crippen LogP contribution in [0.3, 0.4) is 0 Å². The number of hydrogen-bond donors (Lipinski definition) is 1. The largest absolute Gasteiger partial charge is 0.214 e. The minimum Gasteiger partial charge on any atom is -0.214 e. The van der Waals surface area contributed by atoms with E-state index < -0.39 is 0 Å². The smallest absolute Gasteiger partial charge is 0.0343 e. The summed E-state index contributed by atoms with van der Waals surface area (Å²) in [5, 5.41) is 1.81. The molecule has 0 aromatic heterocycles. The summed E-state index contributed by atoms with van der Waals surface area (Å²) >= 11 is 0. The molecule has 1 aliphatic heterocycles. The molecule has 0 saturated carbocycles. The molecule has 1 heterocycles. The zero-order valence-electron chi connectivity index (χ0n) is 5.13. The monoisotopic (exact) mass is 116 g/mol. The molecule has 3 heteroatoms. The van der Waals surface area contributed by atoms with Crippen LogP contribution in [0.2, 0.25) is 0 Å². The molecule has 1 unspecified atom stereocenters. The van der Waals surface area contributed by atoms with Crippen molar-refractivity contribution in [1.29, 1.82) is 0 Å². The van der Waals surface area contributed by atoms with Gasteiger partial charge in [0, 0.05) is 12.6 Å². The van der Waals surface area contributed by atoms with Gasteiger partial charge in [-0.3, -0.25) is 0 Å². The second-order valence-corrected chi connectivity index (χ2v) is 2.24. The molecule has 0 radical (unpaired) electrons. The first-order valence-corrected chi connectivity index (χ1v) is 2.98. The molecule has 48 valence electrons. The Morgan fingerprint density at radius 1 is 1.75 bits per heavy atom. The average molecular weight is 116 g/mol. The predicted molar refractivity (Wildman–Crippen MR) is 30.7 cm³/mol. The fourth-order valence-electron chi connectivity index (χ4n) is 1.06. The first-order valence-electron chi connectivity index (χ1n) is 2.98. The van der Waals surface area contributed by atoms with Crippen molar-refractivity contribution in [2.24, 2.45) is 5.90 Å². The first-order chi connectivity index (χ1) is 3.84. The minimum atomic E-state index is 0.514. The van der Waals surface area contributed by atoms with Gasteiger partial charge in [0.2, 0.25) is 0 Å². The molecule has 0 aromatic carbocycles. The van der Waals surface area contributed by atoms with Crippen LogP contribution < -0.4 is 5.90 Å². The molecule has 0 amide bonds. The van der Waals surface area contributed by atoms with E-state index in [4.69, 9.17) is 5.90 Å². The lowest BCUT2D eigenvalue weighted by atomic mass is 10.3. The van der Waals surface area contributed by atoms with Gasteiger partial charge in [-0.2, -0.15) is 11.0 Å². The van der Waals surface area contributed by atoms with Gasteiger partial charge in [0.1, 0.15) is 0 Å². The van der Waals surface area contributed by atoms with Crippen LogP contribution in [0.4, 0.5) is 0 Å². The van der Waals surface area contributed by atoms with E-state index in [2.05, 4.69) is 11.9 Å². The summed E-state index contributed by atoms with van der Waals surface area (Å²) in [6, 6.07) is 0.514. The standard InChI is InChI=1S/C5H12N2O/c1-5-3-2-4-7(5)8-6/h5H,2-4,6H2,1H3. The molecule has 3 nitrogen and oxygen atoms in total. The van der Waals surface area contributed by atoms with Crippen LogP contribution in [0, 0.1) is 0 Å². The molecule has 0 spiro atoms. The molecule has 0 bridgehead atoms. The highest BCUT2D eigenvalue weighted by Gasteiger charge is 2.19. The Labute approximate surface area is 49.3 Å². The first kappa shape index (κ1) is 6.01. The second-order valence-electron chi connectivity index (χ2n) is 2.24. The molecule has 8 heavy (non-hydrogen) atoms. The van der Waals surface area contributed by atoms with E-state index in [1.165, 1.54) is 12.8 Å². The van der Waals surface area contributed by atoms with E-state index in [1.807, 2.05) is 0 Å². The zero-order valence-corrected chi connectivity index (χ0v) is 5.13. The Hall–Kier alpha value is -0.120.